The predicted octanol–water partition coefficient (Wildman–Crippen LogP) is 1.82. The van der Waals surface area contributed by atoms with Crippen LogP contribution in [0.3, 0.4) is 0 Å². The quantitative estimate of drug-likeness (QED) is 0.896. The molecule has 0 aliphatic carbocycles. The zero-order valence-corrected chi connectivity index (χ0v) is 9.76. The summed E-state index contributed by atoms with van der Waals surface area (Å²) in [5.41, 5.74) is 6.41. The highest BCUT2D eigenvalue weighted by molar-refractivity contribution is 6.30. The molecule has 2 aromatic heterocycles. The number of hydrogen-bond acceptors (Lipinski definition) is 5. The maximum Gasteiger partial charge on any atom is 0.321 e. The number of halogens is 1. The molecule has 5 nitrogen and oxygen atoms in total. The molecule has 0 saturated carbocycles. The summed E-state index contributed by atoms with van der Waals surface area (Å²) in [5, 5.41) is 0.502. The van der Waals surface area contributed by atoms with Crippen LogP contribution in [0.25, 0.3) is 0 Å². The van der Waals surface area contributed by atoms with Gasteiger partial charge in [0.25, 0.3) is 0 Å². The Hall–Kier alpha value is -1.72. The van der Waals surface area contributed by atoms with Crippen molar-refractivity contribution < 1.29 is 4.74 Å². The van der Waals surface area contributed by atoms with Gasteiger partial charge in [0.15, 0.2) is 5.75 Å². The first-order valence-electron chi connectivity index (χ1n) is 5.07. The molecule has 0 atom stereocenters. The van der Waals surface area contributed by atoms with E-state index in [1.165, 1.54) is 6.20 Å². The van der Waals surface area contributed by atoms with E-state index in [0.717, 1.165) is 12.0 Å². The second kappa shape index (κ2) is 5.56. The zero-order chi connectivity index (χ0) is 12.1. The van der Waals surface area contributed by atoms with E-state index in [9.17, 15) is 0 Å². The summed E-state index contributed by atoms with van der Waals surface area (Å²) >= 11 is 5.78. The fraction of sp³-hybridized carbons (Fsp3) is 0.182. The molecule has 88 valence electrons. The molecule has 0 spiro atoms. The van der Waals surface area contributed by atoms with Crippen molar-refractivity contribution in [3.8, 4) is 11.8 Å². The number of rotatable bonds is 4. The van der Waals surface area contributed by atoms with Gasteiger partial charge in [-0.3, -0.25) is 4.98 Å². The Morgan fingerprint density at radius 3 is 2.59 bits per heavy atom. The van der Waals surface area contributed by atoms with Crippen molar-refractivity contribution in [3.63, 3.8) is 0 Å². The van der Waals surface area contributed by atoms with Gasteiger partial charge in [-0.25, -0.2) is 9.97 Å². The minimum atomic E-state index is 0.259. The average Bonchev–Trinajstić information content (AvgIpc) is 2.32. The lowest BCUT2D eigenvalue weighted by molar-refractivity contribution is 0.439. The molecule has 0 aliphatic heterocycles. The predicted molar refractivity (Wildman–Crippen MR) is 64.1 cm³/mol. The van der Waals surface area contributed by atoms with Gasteiger partial charge in [-0.2, -0.15) is 0 Å². The van der Waals surface area contributed by atoms with Crippen LogP contribution in [0.5, 0.6) is 11.8 Å². The molecular formula is C11H11ClN4O. The van der Waals surface area contributed by atoms with Crippen LogP contribution in [-0.2, 0) is 6.42 Å². The first-order valence-corrected chi connectivity index (χ1v) is 5.45. The Balaban J connectivity index is 2.08. The molecule has 0 fully saturated rings. The van der Waals surface area contributed by atoms with Crippen LogP contribution in [0.15, 0.2) is 30.9 Å². The highest BCUT2D eigenvalue weighted by Gasteiger charge is 2.01. The first-order chi connectivity index (χ1) is 8.28. The summed E-state index contributed by atoms with van der Waals surface area (Å²) in [6, 6.07) is 1.90. The third-order valence-electron chi connectivity index (χ3n) is 2.00. The molecule has 17 heavy (non-hydrogen) atoms. The van der Waals surface area contributed by atoms with Gasteiger partial charge in [-0.1, -0.05) is 11.6 Å². The van der Waals surface area contributed by atoms with Crippen LogP contribution < -0.4 is 10.5 Å². The third-order valence-corrected chi connectivity index (χ3v) is 2.21. The van der Waals surface area contributed by atoms with Crippen molar-refractivity contribution in [1.82, 2.24) is 15.0 Å². The van der Waals surface area contributed by atoms with E-state index < -0.39 is 0 Å². The fourth-order valence-electron chi connectivity index (χ4n) is 1.24. The summed E-state index contributed by atoms with van der Waals surface area (Å²) in [4.78, 5) is 12.0. The molecule has 6 heteroatoms. The van der Waals surface area contributed by atoms with E-state index >= 15 is 0 Å². The lowest BCUT2D eigenvalue weighted by Gasteiger charge is -2.03. The second-order valence-electron chi connectivity index (χ2n) is 3.35. The van der Waals surface area contributed by atoms with E-state index in [0.29, 0.717) is 17.3 Å². The molecule has 0 amide bonds. The van der Waals surface area contributed by atoms with Crippen LogP contribution in [-0.4, -0.2) is 21.5 Å². The van der Waals surface area contributed by atoms with Gasteiger partial charge in [0.2, 0.25) is 0 Å². The van der Waals surface area contributed by atoms with E-state index in [-0.39, 0.29) is 6.01 Å². The van der Waals surface area contributed by atoms with E-state index in [1.54, 1.807) is 24.7 Å². The minimum Gasteiger partial charge on any atom is -0.423 e. The molecule has 0 aromatic carbocycles. The lowest BCUT2D eigenvalue weighted by atomic mass is 10.2. The van der Waals surface area contributed by atoms with Crippen molar-refractivity contribution in [3.05, 3.63) is 41.4 Å². The molecule has 2 heterocycles. The molecular weight excluding hydrogens is 240 g/mol. The molecule has 0 saturated heterocycles. The van der Waals surface area contributed by atoms with Gasteiger partial charge >= 0.3 is 6.01 Å². The lowest BCUT2D eigenvalue weighted by Crippen LogP contribution is -2.03. The van der Waals surface area contributed by atoms with Gasteiger partial charge in [0, 0.05) is 24.7 Å². The summed E-state index contributed by atoms with van der Waals surface area (Å²) < 4.78 is 5.39. The van der Waals surface area contributed by atoms with E-state index in [1.807, 2.05) is 0 Å². The molecule has 2 rings (SSSR count). The van der Waals surface area contributed by atoms with E-state index in [4.69, 9.17) is 22.1 Å². The van der Waals surface area contributed by atoms with Crippen LogP contribution in [0, 0.1) is 0 Å². The summed E-state index contributed by atoms with van der Waals surface area (Å²) in [7, 11) is 0. The van der Waals surface area contributed by atoms with Crippen molar-refractivity contribution in [2.24, 2.45) is 5.73 Å². The molecule has 0 radical (unpaired) electrons. The van der Waals surface area contributed by atoms with Crippen LogP contribution in [0.4, 0.5) is 0 Å². The second-order valence-corrected chi connectivity index (χ2v) is 3.79. The maximum absolute atomic E-state index is 5.78. The van der Waals surface area contributed by atoms with Gasteiger partial charge < -0.3 is 10.5 Å². The molecule has 0 unspecified atom stereocenters. The largest absolute Gasteiger partial charge is 0.423 e. The Morgan fingerprint density at radius 2 is 1.94 bits per heavy atom. The third kappa shape index (κ3) is 3.37. The monoisotopic (exact) mass is 250 g/mol. The van der Waals surface area contributed by atoms with Crippen molar-refractivity contribution in [2.45, 2.75) is 6.42 Å². The highest BCUT2D eigenvalue weighted by Crippen LogP contribution is 2.19. The molecule has 2 N–H and O–H groups in total. The topological polar surface area (TPSA) is 73.9 Å². The Morgan fingerprint density at radius 1 is 1.18 bits per heavy atom. The Labute approximate surface area is 104 Å². The maximum atomic E-state index is 5.78. The fourth-order valence-corrected chi connectivity index (χ4v) is 1.41. The number of ether oxygens (including phenoxy) is 1. The van der Waals surface area contributed by atoms with Crippen molar-refractivity contribution in [2.75, 3.05) is 6.54 Å². The zero-order valence-electron chi connectivity index (χ0n) is 9.01. The van der Waals surface area contributed by atoms with Crippen molar-refractivity contribution in [1.29, 1.82) is 0 Å². The number of nitrogens with zero attached hydrogens (tertiary/aromatic N) is 3. The standard InChI is InChI=1S/C11H11ClN4O/c12-9-3-10(7-14-6-9)17-11-15-4-8(1-2-13)5-16-11/h3-7H,1-2,13H2. The number of hydrogen-bond donors (Lipinski definition) is 1. The summed E-state index contributed by atoms with van der Waals surface area (Å²) in [5.74, 6) is 0.504. The van der Waals surface area contributed by atoms with Crippen molar-refractivity contribution >= 4 is 11.6 Å². The average molecular weight is 251 g/mol. The number of aromatic nitrogens is 3. The SMILES string of the molecule is NCCc1cnc(Oc2cncc(Cl)c2)nc1. The molecule has 2 aromatic rings. The summed E-state index contributed by atoms with van der Waals surface area (Å²) in [6.07, 6.45) is 7.20. The number of pyridine rings is 1. The van der Waals surface area contributed by atoms with Gasteiger partial charge in [-0.15, -0.1) is 0 Å². The molecule has 0 aliphatic rings. The van der Waals surface area contributed by atoms with Crippen LogP contribution in [0.1, 0.15) is 5.56 Å². The Bertz CT molecular complexity index is 489. The minimum absolute atomic E-state index is 0.259. The normalized spacial score (nSPS) is 10.2. The summed E-state index contributed by atoms with van der Waals surface area (Å²) in [6.45, 7) is 0.571. The highest BCUT2D eigenvalue weighted by atomic mass is 35.5. The van der Waals surface area contributed by atoms with Gasteiger partial charge in [0.05, 0.1) is 11.2 Å². The van der Waals surface area contributed by atoms with Gasteiger partial charge in [-0.05, 0) is 18.5 Å². The van der Waals surface area contributed by atoms with Crippen LogP contribution in [0.2, 0.25) is 5.02 Å². The smallest absolute Gasteiger partial charge is 0.321 e. The molecule has 0 bridgehead atoms. The first kappa shape index (κ1) is 11.8. The van der Waals surface area contributed by atoms with Crippen LogP contribution >= 0.6 is 11.6 Å². The Kier molecular flexibility index (Phi) is 3.85. The number of nitrogens with two attached hydrogens (primary N) is 1. The van der Waals surface area contributed by atoms with E-state index in [2.05, 4.69) is 15.0 Å². The van der Waals surface area contributed by atoms with Gasteiger partial charge in [0.1, 0.15) is 0 Å².